The summed E-state index contributed by atoms with van der Waals surface area (Å²) in [6.07, 6.45) is 0. The normalized spacial score (nSPS) is 10.5. The van der Waals surface area contributed by atoms with Gasteiger partial charge in [-0.25, -0.2) is 0 Å². The van der Waals surface area contributed by atoms with Crippen LogP contribution in [0.5, 0.6) is 5.75 Å². The zero-order chi connectivity index (χ0) is 19.9. The largest absolute Gasteiger partial charge is 0.497 e. The molecule has 1 heterocycles. The van der Waals surface area contributed by atoms with Crippen LogP contribution in [0.15, 0.2) is 46.8 Å². The van der Waals surface area contributed by atoms with Crippen LogP contribution in [0.3, 0.4) is 0 Å². The van der Waals surface area contributed by atoms with E-state index >= 15 is 0 Å². The summed E-state index contributed by atoms with van der Waals surface area (Å²) in [5.41, 5.74) is 2.88. The quantitative estimate of drug-likeness (QED) is 0.502. The summed E-state index contributed by atoms with van der Waals surface area (Å²) >= 11 is 8.88. The Hall–Kier alpha value is -2.29. The summed E-state index contributed by atoms with van der Waals surface area (Å²) in [6, 6.07) is 13.3. The maximum Gasteiger partial charge on any atom is 0.230 e. The van der Waals surface area contributed by atoms with Crippen LogP contribution in [0.1, 0.15) is 11.1 Å². The van der Waals surface area contributed by atoms with Gasteiger partial charge in [0.15, 0.2) is 4.34 Å². The van der Waals surface area contributed by atoms with Gasteiger partial charge in [0.1, 0.15) is 5.75 Å². The van der Waals surface area contributed by atoms with E-state index in [1.807, 2.05) is 49.4 Å². The van der Waals surface area contributed by atoms with Gasteiger partial charge in [0.2, 0.25) is 11.0 Å². The number of amides is 1. The molecule has 0 saturated carbocycles. The molecular weight excluding hydrogens is 416 g/mol. The lowest BCUT2D eigenvalue weighted by Gasteiger charge is -2.05. The van der Waals surface area contributed by atoms with Gasteiger partial charge >= 0.3 is 0 Å². The van der Waals surface area contributed by atoms with Crippen molar-refractivity contribution in [3.05, 3.63) is 58.6 Å². The molecule has 3 rings (SSSR count). The Bertz CT molecular complexity index is 947. The molecule has 28 heavy (non-hydrogen) atoms. The zero-order valence-corrected chi connectivity index (χ0v) is 17.7. The topological polar surface area (TPSA) is 76.1 Å². The summed E-state index contributed by atoms with van der Waals surface area (Å²) in [7, 11) is 1.62. The van der Waals surface area contributed by atoms with Crippen LogP contribution in [0.25, 0.3) is 0 Å². The van der Waals surface area contributed by atoms with Crippen LogP contribution in [0.2, 0.25) is 5.02 Å². The van der Waals surface area contributed by atoms with E-state index in [1.54, 1.807) is 7.11 Å². The number of carbonyl (C=O) groups is 1. The number of hydrogen-bond donors (Lipinski definition) is 2. The second kappa shape index (κ2) is 9.77. The van der Waals surface area contributed by atoms with Crippen molar-refractivity contribution < 1.29 is 9.53 Å². The summed E-state index contributed by atoms with van der Waals surface area (Å²) in [6.45, 7) is 2.42. The first kappa shape index (κ1) is 20.4. The molecule has 0 radical (unpaired) electrons. The fourth-order valence-electron chi connectivity index (χ4n) is 2.24. The van der Waals surface area contributed by atoms with Crippen molar-refractivity contribution in [2.45, 2.75) is 17.8 Å². The van der Waals surface area contributed by atoms with Gasteiger partial charge in [-0.1, -0.05) is 52.9 Å². The van der Waals surface area contributed by atoms with Crippen molar-refractivity contribution >= 4 is 51.4 Å². The van der Waals surface area contributed by atoms with Crippen LogP contribution < -0.4 is 15.4 Å². The Kier molecular flexibility index (Phi) is 7.13. The number of rotatable bonds is 8. The molecule has 0 bridgehead atoms. The Morgan fingerprint density at radius 3 is 2.71 bits per heavy atom. The Balaban J connectivity index is 1.45. The minimum Gasteiger partial charge on any atom is -0.497 e. The van der Waals surface area contributed by atoms with Gasteiger partial charge in [-0.2, -0.15) is 0 Å². The number of halogens is 1. The number of anilines is 2. The van der Waals surface area contributed by atoms with E-state index in [9.17, 15) is 4.79 Å². The van der Waals surface area contributed by atoms with E-state index in [1.165, 1.54) is 23.1 Å². The second-order valence-electron chi connectivity index (χ2n) is 5.88. The lowest BCUT2D eigenvalue weighted by molar-refractivity contribution is -0.118. The third-order valence-corrected chi connectivity index (χ3v) is 6.18. The monoisotopic (exact) mass is 434 g/mol. The fourth-order valence-corrected chi connectivity index (χ4v) is 4.02. The van der Waals surface area contributed by atoms with E-state index < -0.39 is 0 Å². The first-order valence-corrected chi connectivity index (χ1v) is 10.6. The number of nitrogens with one attached hydrogen (secondary N) is 2. The minimum atomic E-state index is -0.0594. The van der Waals surface area contributed by atoms with E-state index in [-0.39, 0.29) is 11.7 Å². The molecule has 3 aromatic rings. The number of carbonyl (C=O) groups excluding carboxylic acids is 1. The molecule has 0 spiro atoms. The molecule has 0 aliphatic heterocycles. The van der Waals surface area contributed by atoms with Gasteiger partial charge in [0.25, 0.3) is 0 Å². The summed E-state index contributed by atoms with van der Waals surface area (Å²) in [5, 5.41) is 15.6. The molecule has 1 amide bonds. The lowest BCUT2D eigenvalue weighted by Crippen LogP contribution is -2.24. The van der Waals surface area contributed by atoms with Crippen molar-refractivity contribution in [3.8, 4) is 5.75 Å². The Morgan fingerprint density at radius 2 is 2.00 bits per heavy atom. The van der Waals surface area contributed by atoms with Crippen LogP contribution in [0.4, 0.5) is 10.8 Å². The van der Waals surface area contributed by atoms with Crippen molar-refractivity contribution in [2.24, 2.45) is 0 Å². The van der Waals surface area contributed by atoms with Crippen LogP contribution >= 0.6 is 34.7 Å². The molecule has 0 fully saturated rings. The molecule has 9 heteroatoms. The number of aryl methyl sites for hydroxylation is 1. The molecule has 0 atom stereocenters. The van der Waals surface area contributed by atoms with E-state index in [2.05, 4.69) is 20.8 Å². The van der Waals surface area contributed by atoms with Crippen LogP contribution in [-0.4, -0.2) is 29.0 Å². The molecule has 146 valence electrons. The van der Waals surface area contributed by atoms with Crippen molar-refractivity contribution in [1.82, 2.24) is 15.5 Å². The molecular formula is C19H19ClN4O2S2. The molecule has 0 aliphatic carbocycles. The molecule has 0 saturated heterocycles. The van der Waals surface area contributed by atoms with Crippen LogP contribution in [0, 0.1) is 6.92 Å². The maximum atomic E-state index is 12.0. The van der Waals surface area contributed by atoms with Crippen molar-refractivity contribution in [3.63, 3.8) is 0 Å². The second-order valence-corrected chi connectivity index (χ2v) is 8.48. The molecule has 0 aliphatic rings. The third-order valence-electron chi connectivity index (χ3n) is 3.81. The van der Waals surface area contributed by atoms with E-state index in [0.717, 1.165) is 26.9 Å². The van der Waals surface area contributed by atoms with Crippen LogP contribution in [-0.2, 0) is 11.3 Å². The first-order valence-electron chi connectivity index (χ1n) is 8.42. The zero-order valence-electron chi connectivity index (χ0n) is 15.4. The van der Waals surface area contributed by atoms with Crippen molar-refractivity contribution in [2.75, 3.05) is 18.2 Å². The molecule has 6 nitrogen and oxygen atoms in total. The first-order chi connectivity index (χ1) is 13.5. The Labute approximate surface area is 176 Å². The Morgan fingerprint density at radius 1 is 1.21 bits per heavy atom. The number of thioether (sulfide) groups is 1. The highest BCUT2D eigenvalue weighted by molar-refractivity contribution is 8.01. The number of hydrogen-bond acceptors (Lipinski definition) is 7. The number of aromatic nitrogens is 2. The standard InChI is InChI=1S/C19H19ClN4O2S2/c1-12-3-6-14(9-16(12)20)22-18-23-24-19(28-18)27-11-17(25)21-10-13-4-7-15(26-2)8-5-13/h3-9H,10-11H2,1-2H3,(H,21,25)(H,22,23). The minimum absolute atomic E-state index is 0.0594. The predicted molar refractivity (Wildman–Crippen MR) is 115 cm³/mol. The molecule has 2 N–H and O–H groups in total. The number of ether oxygens (including phenoxy) is 1. The van der Waals surface area contributed by atoms with E-state index in [0.29, 0.717) is 16.7 Å². The number of benzene rings is 2. The highest BCUT2D eigenvalue weighted by Crippen LogP contribution is 2.29. The fraction of sp³-hybridized carbons (Fsp3) is 0.211. The predicted octanol–water partition coefficient (Wildman–Crippen LogP) is 4.66. The maximum absolute atomic E-state index is 12.0. The van der Waals surface area contributed by atoms with Gasteiger partial charge < -0.3 is 15.4 Å². The highest BCUT2D eigenvalue weighted by atomic mass is 35.5. The van der Waals surface area contributed by atoms with E-state index in [4.69, 9.17) is 16.3 Å². The lowest BCUT2D eigenvalue weighted by atomic mass is 10.2. The van der Waals surface area contributed by atoms with Gasteiger partial charge in [0.05, 0.1) is 12.9 Å². The number of nitrogens with zero attached hydrogens (tertiary/aromatic N) is 2. The SMILES string of the molecule is COc1ccc(CNC(=O)CSc2nnc(Nc3ccc(C)c(Cl)c3)s2)cc1. The summed E-state index contributed by atoms with van der Waals surface area (Å²) in [4.78, 5) is 12.0. The van der Waals surface area contributed by atoms with Gasteiger partial charge in [-0.15, -0.1) is 10.2 Å². The average molecular weight is 435 g/mol. The highest BCUT2D eigenvalue weighted by Gasteiger charge is 2.09. The average Bonchev–Trinajstić information content (AvgIpc) is 3.15. The molecule has 0 unspecified atom stereocenters. The van der Waals surface area contributed by atoms with Gasteiger partial charge in [0, 0.05) is 17.3 Å². The summed E-state index contributed by atoms with van der Waals surface area (Å²) < 4.78 is 5.84. The number of methoxy groups -OCH3 is 1. The van der Waals surface area contributed by atoms with Gasteiger partial charge in [-0.05, 0) is 42.3 Å². The smallest absolute Gasteiger partial charge is 0.230 e. The summed E-state index contributed by atoms with van der Waals surface area (Å²) in [5.74, 6) is 1.01. The third kappa shape index (κ3) is 5.85. The molecule has 1 aromatic heterocycles. The van der Waals surface area contributed by atoms with Gasteiger partial charge in [-0.3, -0.25) is 4.79 Å². The molecule has 2 aromatic carbocycles. The van der Waals surface area contributed by atoms with Crippen molar-refractivity contribution in [1.29, 1.82) is 0 Å².